The van der Waals surface area contributed by atoms with E-state index in [2.05, 4.69) is 27.6 Å². The summed E-state index contributed by atoms with van der Waals surface area (Å²) in [5.41, 5.74) is 1.80. The smallest absolute Gasteiger partial charge is 0.161 e. The number of ketones is 1. The van der Waals surface area contributed by atoms with Crippen molar-refractivity contribution in [2.75, 3.05) is 0 Å². The highest BCUT2D eigenvalue weighted by Crippen LogP contribution is 2.23. The Morgan fingerprint density at radius 2 is 2.23 bits per heavy atom. The topological polar surface area (TPSA) is 32.9 Å². The fraction of sp³-hybridized carbons (Fsp3) is 0.100. The van der Waals surface area contributed by atoms with Crippen LogP contribution in [0, 0.1) is 3.57 Å². The van der Waals surface area contributed by atoms with Crippen molar-refractivity contribution in [3.8, 4) is 0 Å². The molecule has 1 N–H and O–H groups in total. The molecule has 3 heteroatoms. The molecule has 2 aromatic rings. The van der Waals surface area contributed by atoms with Crippen LogP contribution in [0.5, 0.6) is 0 Å². The highest BCUT2D eigenvalue weighted by Gasteiger charge is 2.09. The Morgan fingerprint density at radius 1 is 1.46 bits per heavy atom. The molecule has 1 aromatic carbocycles. The van der Waals surface area contributed by atoms with Crippen molar-refractivity contribution in [2.45, 2.75) is 6.92 Å². The number of nitrogens with one attached hydrogen (secondary N) is 1. The van der Waals surface area contributed by atoms with Gasteiger partial charge in [-0.2, -0.15) is 0 Å². The minimum Gasteiger partial charge on any atom is -0.360 e. The first kappa shape index (κ1) is 8.74. The van der Waals surface area contributed by atoms with Gasteiger partial charge in [-0.15, -0.1) is 0 Å². The standard InChI is InChI=1S/C10H8INO/c1-6(13)7-5-12-9-4-2-3-8(11)10(7)9/h2-5,12H,1H3. The van der Waals surface area contributed by atoms with Gasteiger partial charge in [-0.25, -0.2) is 0 Å². The van der Waals surface area contributed by atoms with Crippen molar-refractivity contribution in [2.24, 2.45) is 0 Å². The van der Waals surface area contributed by atoms with Crippen molar-refractivity contribution in [1.82, 2.24) is 4.98 Å². The van der Waals surface area contributed by atoms with Crippen LogP contribution in [0.2, 0.25) is 0 Å². The second kappa shape index (κ2) is 3.14. The fourth-order valence-corrected chi connectivity index (χ4v) is 2.21. The number of H-pyrrole nitrogens is 1. The van der Waals surface area contributed by atoms with Crippen LogP contribution in [0.3, 0.4) is 0 Å². The largest absolute Gasteiger partial charge is 0.360 e. The zero-order chi connectivity index (χ0) is 9.42. The van der Waals surface area contributed by atoms with Gasteiger partial charge in [-0.1, -0.05) is 6.07 Å². The highest BCUT2D eigenvalue weighted by molar-refractivity contribution is 14.1. The molecule has 1 aromatic heterocycles. The number of carbonyl (C=O) groups excluding carboxylic acids is 1. The summed E-state index contributed by atoms with van der Waals surface area (Å²) in [4.78, 5) is 14.3. The van der Waals surface area contributed by atoms with Gasteiger partial charge < -0.3 is 4.98 Å². The summed E-state index contributed by atoms with van der Waals surface area (Å²) in [6, 6.07) is 5.96. The lowest BCUT2D eigenvalue weighted by Crippen LogP contribution is -1.89. The molecule has 0 aliphatic rings. The molecule has 0 bridgehead atoms. The van der Waals surface area contributed by atoms with E-state index in [4.69, 9.17) is 0 Å². The number of aromatic amines is 1. The van der Waals surface area contributed by atoms with E-state index in [9.17, 15) is 4.79 Å². The van der Waals surface area contributed by atoms with Gasteiger partial charge in [0.2, 0.25) is 0 Å². The number of fused-ring (bicyclic) bond motifs is 1. The van der Waals surface area contributed by atoms with Crippen LogP contribution < -0.4 is 0 Å². The van der Waals surface area contributed by atoms with Crippen LogP contribution in [-0.4, -0.2) is 10.8 Å². The Kier molecular flexibility index (Phi) is 2.11. The fourth-order valence-electron chi connectivity index (χ4n) is 1.42. The molecule has 0 spiro atoms. The van der Waals surface area contributed by atoms with Gasteiger partial charge in [0.05, 0.1) is 0 Å². The van der Waals surface area contributed by atoms with Crippen molar-refractivity contribution in [1.29, 1.82) is 0 Å². The molecular formula is C10H8INO. The lowest BCUT2D eigenvalue weighted by Gasteiger charge is -1.95. The molecule has 0 saturated carbocycles. The zero-order valence-corrected chi connectivity index (χ0v) is 9.25. The molecule has 13 heavy (non-hydrogen) atoms. The predicted molar refractivity (Wildman–Crippen MR) is 61.0 cm³/mol. The molecule has 2 nitrogen and oxygen atoms in total. The summed E-state index contributed by atoms with van der Waals surface area (Å²) in [5, 5.41) is 1.04. The maximum Gasteiger partial charge on any atom is 0.161 e. The minimum atomic E-state index is 0.107. The molecule has 2 rings (SSSR count). The second-order valence-electron chi connectivity index (χ2n) is 2.92. The summed E-state index contributed by atoms with van der Waals surface area (Å²) in [6.45, 7) is 1.59. The van der Waals surface area contributed by atoms with E-state index in [1.165, 1.54) is 0 Å². The lowest BCUT2D eigenvalue weighted by molar-refractivity contribution is 0.101. The van der Waals surface area contributed by atoms with Gasteiger partial charge in [0, 0.05) is 26.2 Å². The molecule has 0 amide bonds. The quantitative estimate of drug-likeness (QED) is 0.634. The number of rotatable bonds is 1. The molecule has 0 radical (unpaired) electrons. The number of carbonyl (C=O) groups is 1. The maximum absolute atomic E-state index is 11.2. The Labute approximate surface area is 89.5 Å². The molecular weight excluding hydrogens is 277 g/mol. The third kappa shape index (κ3) is 1.37. The molecule has 1 heterocycles. The first-order valence-electron chi connectivity index (χ1n) is 3.96. The average Bonchev–Trinajstić information content (AvgIpc) is 2.49. The third-order valence-corrected chi connectivity index (χ3v) is 2.93. The Bertz CT molecular complexity index is 473. The number of hydrogen-bond acceptors (Lipinski definition) is 1. The van der Waals surface area contributed by atoms with Gasteiger partial charge in [-0.05, 0) is 41.6 Å². The first-order chi connectivity index (χ1) is 6.20. The molecule has 0 aliphatic carbocycles. The Hall–Kier alpha value is -0.840. The summed E-state index contributed by atoms with van der Waals surface area (Å²) >= 11 is 2.24. The molecule has 0 fully saturated rings. The van der Waals surface area contributed by atoms with E-state index in [-0.39, 0.29) is 5.78 Å². The van der Waals surface area contributed by atoms with Crippen LogP contribution >= 0.6 is 22.6 Å². The number of hydrogen-bond donors (Lipinski definition) is 1. The Balaban J connectivity index is 2.86. The number of benzene rings is 1. The number of Topliss-reactive ketones (excluding diaryl/α,β-unsaturated/α-hetero) is 1. The molecule has 0 unspecified atom stereocenters. The Morgan fingerprint density at radius 3 is 2.92 bits per heavy atom. The zero-order valence-electron chi connectivity index (χ0n) is 7.10. The van der Waals surface area contributed by atoms with E-state index >= 15 is 0 Å². The minimum absolute atomic E-state index is 0.107. The van der Waals surface area contributed by atoms with Crippen LogP contribution in [0.15, 0.2) is 24.4 Å². The summed E-state index contributed by atoms with van der Waals surface area (Å²) in [7, 11) is 0. The molecule has 0 aliphatic heterocycles. The second-order valence-corrected chi connectivity index (χ2v) is 4.08. The molecule has 66 valence electrons. The lowest BCUT2D eigenvalue weighted by atomic mass is 10.1. The molecule has 0 saturated heterocycles. The first-order valence-corrected chi connectivity index (χ1v) is 5.04. The van der Waals surface area contributed by atoms with Crippen LogP contribution in [-0.2, 0) is 0 Å². The van der Waals surface area contributed by atoms with Gasteiger partial charge >= 0.3 is 0 Å². The summed E-state index contributed by atoms with van der Waals surface area (Å²) in [6.07, 6.45) is 1.77. The van der Waals surface area contributed by atoms with E-state index < -0.39 is 0 Å². The van der Waals surface area contributed by atoms with E-state index in [1.54, 1.807) is 13.1 Å². The summed E-state index contributed by atoms with van der Waals surface area (Å²) < 4.78 is 1.11. The van der Waals surface area contributed by atoms with Crippen molar-refractivity contribution in [3.63, 3.8) is 0 Å². The van der Waals surface area contributed by atoms with Crippen molar-refractivity contribution in [3.05, 3.63) is 33.5 Å². The summed E-state index contributed by atoms with van der Waals surface area (Å²) in [5.74, 6) is 0.107. The van der Waals surface area contributed by atoms with Crippen LogP contribution in [0.25, 0.3) is 10.9 Å². The molecule has 0 atom stereocenters. The van der Waals surface area contributed by atoms with Gasteiger partial charge in [0.1, 0.15) is 0 Å². The monoisotopic (exact) mass is 285 g/mol. The maximum atomic E-state index is 11.2. The predicted octanol–water partition coefficient (Wildman–Crippen LogP) is 2.98. The van der Waals surface area contributed by atoms with Gasteiger partial charge in [-0.3, -0.25) is 4.79 Å². The van der Waals surface area contributed by atoms with E-state index in [0.717, 1.165) is 20.0 Å². The number of halogens is 1. The SMILES string of the molecule is CC(=O)c1c[nH]c2cccc(I)c12. The van der Waals surface area contributed by atoms with Crippen molar-refractivity contribution < 1.29 is 4.79 Å². The van der Waals surface area contributed by atoms with E-state index in [0.29, 0.717) is 0 Å². The average molecular weight is 285 g/mol. The van der Waals surface area contributed by atoms with Gasteiger partial charge in [0.15, 0.2) is 5.78 Å². The van der Waals surface area contributed by atoms with Crippen molar-refractivity contribution >= 4 is 39.3 Å². The third-order valence-electron chi connectivity index (χ3n) is 2.03. The van der Waals surface area contributed by atoms with Crippen LogP contribution in [0.1, 0.15) is 17.3 Å². The highest BCUT2D eigenvalue weighted by atomic mass is 127. The van der Waals surface area contributed by atoms with Gasteiger partial charge in [0.25, 0.3) is 0 Å². The normalized spacial score (nSPS) is 10.6. The van der Waals surface area contributed by atoms with Crippen LogP contribution in [0.4, 0.5) is 0 Å². The van der Waals surface area contributed by atoms with E-state index in [1.807, 2.05) is 18.2 Å². The number of aromatic nitrogens is 1.